The first-order valence-corrected chi connectivity index (χ1v) is 7.58. The first-order valence-electron chi connectivity index (χ1n) is 5.38. The average Bonchev–Trinajstić information content (AvgIpc) is 2.29. The van der Waals surface area contributed by atoms with Crippen LogP contribution < -0.4 is 11.1 Å². The number of sulfone groups is 1. The lowest BCUT2D eigenvalue weighted by molar-refractivity contribution is -0.113. The van der Waals surface area contributed by atoms with Crippen molar-refractivity contribution in [1.82, 2.24) is 0 Å². The minimum absolute atomic E-state index is 0.0543. The molecule has 6 nitrogen and oxygen atoms in total. The van der Waals surface area contributed by atoms with Gasteiger partial charge in [0.05, 0.1) is 23.7 Å². The second-order valence-corrected chi connectivity index (χ2v) is 6.49. The summed E-state index contributed by atoms with van der Waals surface area (Å²) in [6.45, 7) is 0.0543. The summed E-state index contributed by atoms with van der Waals surface area (Å²) in [7, 11) is -2.10. The number of hydrogen-bond acceptors (Lipinski definition) is 5. The van der Waals surface area contributed by atoms with Gasteiger partial charge in [0, 0.05) is 12.1 Å². The zero-order valence-corrected chi connectivity index (χ0v) is 11.9. The molecule has 0 saturated carbocycles. The van der Waals surface area contributed by atoms with Gasteiger partial charge in [-0.05, 0) is 18.2 Å². The summed E-state index contributed by atoms with van der Waals surface area (Å²) < 4.78 is 27.7. The fourth-order valence-electron chi connectivity index (χ4n) is 1.32. The molecule has 0 heterocycles. The second kappa shape index (κ2) is 6.74. The number of anilines is 2. The minimum Gasteiger partial charge on any atom is -0.397 e. The molecule has 0 spiro atoms. The number of nitrogens with two attached hydrogens (primary N) is 1. The Morgan fingerprint density at radius 1 is 1.47 bits per heavy atom. The third-order valence-corrected chi connectivity index (χ3v) is 3.96. The van der Waals surface area contributed by atoms with Crippen LogP contribution in [-0.2, 0) is 19.4 Å². The smallest absolute Gasteiger partial charge is 0.239 e. The quantitative estimate of drug-likeness (QED) is 0.762. The lowest BCUT2D eigenvalue weighted by atomic mass is 10.2. The molecular weight excluding hydrogens is 292 g/mol. The van der Waals surface area contributed by atoms with Crippen molar-refractivity contribution in [2.24, 2.45) is 0 Å². The van der Waals surface area contributed by atoms with Crippen LogP contribution >= 0.6 is 11.6 Å². The van der Waals surface area contributed by atoms with E-state index in [0.29, 0.717) is 10.7 Å². The lowest BCUT2D eigenvalue weighted by Gasteiger charge is -2.08. The van der Waals surface area contributed by atoms with Gasteiger partial charge in [-0.2, -0.15) is 0 Å². The van der Waals surface area contributed by atoms with E-state index in [-0.39, 0.29) is 18.0 Å². The van der Waals surface area contributed by atoms with E-state index >= 15 is 0 Å². The number of amides is 1. The second-order valence-electron chi connectivity index (χ2n) is 3.86. The highest BCUT2D eigenvalue weighted by atomic mass is 35.5. The number of hydrogen-bond donors (Lipinski definition) is 2. The van der Waals surface area contributed by atoms with Crippen LogP contribution in [-0.4, -0.2) is 39.5 Å². The first-order chi connectivity index (χ1) is 8.84. The molecule has 0 radical (unpaired) electrons. The molecular formula is C11H15ClN2O4S. The number of rotatable bonds is 6. The highest BCUT2D eigenvalue weighted by Crippen LogP contribution is 2.22. The summed E-state index contributed by atoms with van der Waals surface area (Å²) in [5.41, 5.74) is 6.25. The van der Waals surface area contributed by atoms with E-state index in [0.717, 1.165) is 0 Å². The molecule has 106 valence electrons. The molecule has 19 heavy (non-hydrogen) atoms. The lowest BCUT2D eigenvalue weighted by Crippen LogP contribution is -2.26. The monoisotopic (exact) mass is 306 g/mol. The molecule has 0 fully saturated rings. The maximum atomic E-state index is 11.6. The van der Waals surface area contributed by atoms with Crippen molar-refractivity contribution < 1.29 is 17.9 Å². The number of nitrogens with one attached hydrogen (secondary N) is 1. The Hall–Kier alpha value is -1.31. The standard InChI is InChI=1S/C11H15ClN2O4S/c1-18-4-5-19(16,17)7-11(15)14-10-3-2-8(12)6-9(10)13/h2-3,6H,4-5,7,13H2,1H3,(H,14,15). The number of carbonyl (C=O) groups is 1. The third-order valence-electron chi connectivity index (χ3n) is 2.24. The molecule has 1 aromatic carbocycles. The van der Waals surface area contributed by atoms with Crippen LogP contribution in [0, 0.1) is 0 Å². The summed E-state index contributed by atoms with van der Waals surface area (Å²) in [5, 5.41) is 2.86. The highest BCUT2D eigenvalue weighted by Gasteiger charge is 2.17. The van der Waals surface area contributed by atoms with E-state index in [4.69, 9.17) is 17.3 Å². The summed E-state index contributed by atoms with van der Waals surface area (Å²) >= 11 is 5.71. The summed E-state index contributed by atoms with van der Waals surface area (Å²) in [4.78, 5) is 11.6. The number of ether oxygens (including phenoxy) is 1. The number of nitrogen functional groups attached to an aromatic ring is 1. The Bertz CT molecular complexity index is 560. The summed E-state index contributed by atoms with van der Waals surface area (Å²) in [5.74, 6) is -1.46. The fourth-order valence-corrected chi connectivity index (χ4v) is 2.53. The van der Waals surface area contributed by atoms with Gasteiger partial charge in [0.15, 0.2) is 9.84 Å². The maximum absolute atomic E-state index is 11.6. The average molecular weight is 307 g/mol. The topological polar surface area (TPSA) is 98.5 Å². The molecule has 0 aliphatic carbocycles. The van der Waals surface area contributed by atoms with Gasteiger partial charge < -0.3 is 15.8 Å². The molecule has 0 aromatic heterocycles. The number of carbonyl (C=O) groups excluding carboxylic acids is 1. The van der Waals surface area contributed by atoms with Crippen LogP contribution in [0.1, 0.15) is 0 Å². The Morgan fingerprint density at radius 2 is 2.16 bits per heavy atom. The van der Waals surface area contributed by atoms with Gasteiger partial charge in [-0.15, -0.1) is 0 Å². The predicted octanol–water partition coefficient (Wildman–Crippen LogP) is 0.922. The molecule has 0 aliphatic heterocycles. The molecule has 0 bridgehead atoms. The van der Waals surface area contributed by atoms with Crippen molar-refractivity contribution in [3.05, 3.63) is 23.2 Å². The molecule has 8 heteroatoms. The van der Waals surface area contributed by atoms with E-state index in [1.807, 2.05) is 0 Å². The zero-order valence-electron chi connectivity index (χ0n) is 10.3. The molecule has 1 rings (SSSR count). The normalized spacial score (nSPS) is 11.3. The van der Waals surface area contributed by atoms with E-state index in [1.54, 1.807) is 6.07 Å². The zero-order chi connectivity index (χ0) is 14.5. The van der Waals surface area contributed by atoms with Crippen molar-refractivity contribution in [2.75, 3.05) is 36.3 Å². The highest BCUT2D eigenvalue weighted by molar-refractivity contribution is 7.92. The molecule has 3 N–H and O–H groups in total. The summed E-state index contributed by atoms with van der Waals surface area (Å²) in [6.07, 6.45) is 0. The van der Waals surface area contributed by atoms with Crippen LogP contribution in [0.2, 0.25) is 5.02 Å². The molecule has 0 atom stereocenters. The van der Waals surface area contributed by atoms with Gasteiger partial charge in [0.25, 0.3) is 0 Å². The molecule has 0 saturated heterocycles. The first kappa shape index (κ1) is 15.7. The van der Waals surface area contributed by atoms with Gasteiger partial charge >= 0.3 is 0 Å². The van der Waals surface area contributed by atoms with Crippen molar-refractivity contribution in [3.63, 3.8) is 0 Å². The van der Waals surface area contributed by atoms with Gasteiger partial charge in [0.2, 0.25) is 5.91 Å². The van der Waals surface area contributed by atoms with Crippen LogP contribution in [0.15, 0.2) is 18.2 Å². The van der Waals surface area contributed by atoms with E-state index in [9.17, 15) is 13.2 Å². The van der Waals surface area contributed by atoms with Gasteiger partial charge in [-0.3, -0.25) is 4.79 Å². The molecule has 0 aliphatic rings. The third kappa shape index (κ3) is 5.46. The predicted molar refractivity (Wildman–Crippen MR) is 75.0 cm³/mol. The Morgan fingerprint density at radius 3 is 2.74 bits per heavy atom. The Balaban J connectivity index is 2.65. The van der Waals surface area contributed by atoms with Gasteiger partial charge in [0.1, 0.15) is 5.75 Å². The van der Waals surface area contributed by atoms with Gasteiger partial charge in [-0.25, -0.2) is 8.42 Å². The van der Waals surface area contributed by atoms with Crippen molar-refractivity contribution in [3.8, 4) is 0 Å². The van der Waals surface area contributed by atoms with E-state index in [1.165, 1.54) is 19.2 Å². The SMILES string of the molecule is COCCS(=O)(=O)CC(=O)Nc1ccc(Cl)cc1N. The molecule has 1 amide bonds. The Kier molecular flexibility index (Phi) is 5.59. The van der Waals surface area contributed by atoms with Crippen LogP contribution in [0.25, 0.3) is 0 Å². The largest absolute Gasteiger partial charge is 0.397 e. The number of halogens is 1. The summed E-state index contributed by atoms with van der Waals surface area (Å²) in [6, 6.07) is 4.53. The van der Waals surface area contributed by atoms with E-state index < -0.39 is 21.5 Å². The maximum Gasteiger partial charge on any atom is 0.239 e. The van der Waals surface area contributed by atoms with Crippen molar-refractivity contribution in [1.29, 1.82) is 0 Å². The molecule has 0 unspecified atom stereocenters. The van der Waals surface area contributed by atoms with Crippen molar-refractivity contribution in [2.45, 2.75) is 0 Å². The van der Waals surface area contributed by atoms with Crippen molar-refractivity contribution >= 4 is 38.7 Å². The number of benzene rings is 1. The Labute approximate surface area is 116 Å². The van der Waals surface area contributed by atoms with E-state index in [2.05, 4.69) is 10.1 Å². The van der Waals surface area contributed by atoms with Crippen LogP contribution in [0.3, 0.4) is 0 Å². The van der Waals surface area contributed by atoms with Gasteiger partial charge in [-0.1, -0.05) is 11.6 Å². The molecule has 1 aromatic rings. The van der Waals surface area contributed by atoms with Crippen LogP contribution in [0.5, 0.6) is 0 Å². The minimum atomic E-state index is -3.49. The van der Waals surface area contributed by atoms with Crippen LogP contribution in [0.4, 0.5) is 11.4 Å². The number of methoxy groups -OCH3 is 1. The fraction of sp³-hybridized carbons (Fsp3) is 0.364.